The molecule has 2 unspecified atom stereocenters. The lowest BCUT2D eigenvalue weighted by Crippen LogP contribution is -2.58. The topological polar surface area (TPSA) is 145 Å². The summed E-state index contributed by atoms with van der Waals surface area (Å²) >= 11 is 0. The Morgan fingerprint density at radius 3 is 2.40 bits per heavy atom. The second-order valence-corrected chi connectivity index (χ2v) is 13.1. The van der Waals surface area contributed by atoms with Crippen molar-refractivity contribution in [1.29, 1.82) is 0 Å². The van der Waals surface area contributed by atoms with Crippen molar-refractivity contribution in [3.05, 3.63) is 12.2 Å². The first-order valence-electron chi connectivity index (χ1n) is 14.3. The molecule has 1 aliphatic heterocycles. The number of carbonyl (C=O) groups excluding carboxylic acids is 3. The molecule has 1 rings (SSSR count). The van der Waals surface area contributed by atoms with Gasteiger partial charge in [0.05, 0.1) is 11.0 Å². The van der Waals surface area contributed by atoms with Crippen LogP contribution in [-0.2, 0) is 30.1 Å². The lowest BCUT2D eigenvalue weighted by atomic mass is 9.89. The fraction of sp³-hybridized carbons (Fsp3) is 0.786. The van der Waals surface area contributed by atoms with Crippen LogP contribution in [0, 0.1) is 5.41 Å². The number of carboxylic acids is 1. The van der Waals surface area contributed by atoms with E-state index in [4.69, 9.17) is 4.74 Å². The highest BCUT2D eigenvalue weighted by Crippen LogP contribution is 2.24. The number of nitrogens with one attached hydrogen (secondary N) is 2. The molecular formula is C28H50N4O7S. The van der Waals surface area contributed by atoms with E-state index in [1.807, 2.05) is 20.8 Å². The van der Waals surface area contributed by atoms with Gasteiger partial charge in [-0.05, 0) is 39.2 Å². The van der Waals surface area contributed by atoms with E-state index in [0.717, 1.165) is 25.7 Å². The smallest absolute Gasteiger partial charge is 0.407 e. The second-order valence-electron chi connectivity index (χ2n) is 11.3. The minimum atomic E-state index is -1.56. The highest BCUT2D eigenvalue weighted by atomic mass is 32.2. The highest BCUT2D eigenvalue weighted by molar-refractivity contribution is 7.82. The molecule has 0 aromatic rings. The summed E-state index contributed by atoms with van der Waals surface area (Å²) in [6, 6.07) is -0.830. The maximum absolute atomic E-state index is 13.2. The van der Waals surface area contributed by atoms with E-state index in [0.29, 0.717) is 25.1 Å². The van der Waals surface area contributed by atoms with Crippen LogP contribution in [0.3, 0.4) is 0 Å². The van der Waals surface area contributed by atoms with Gasteiger partial charge in [0.1, 0.15) is 18.7 Å². The number of rotatable bonds is 16. The van der Waals surface area contributed by atoms with Crippen molar-refractivity contribution < 1.29 is 33.2 Å². The van der Waals surface area contributed by atoms with Crippen molar-refractivity contribution in [2.45, 2.75) is 104 Å². The number of allylic oxidation sites excluding steroid dienone is 1. The first-order valence-corrected chi connectivity index (χ1v) is 15.6. The van der Waals surface area contributed by atoms with Gasteiger partial charge < -0.3 is 25.4 Å². The predicted octanol–water partition coefficient (Wildman–Crippen LogP) is 3.22. The molecule has 11 nitrogen and oxygen atoms in total. The molecule has 0 bridgehead atoms. The van der Waals surface area contributed by atoms with Crippen LogP contribution in [0.2, 0.25) is 0 Å². The van der Waals surface area contributed by atoms with Crippen LogP contribution in [-0.4, -0.2) is 92.5 Å². The van der Waals surface area contributed by atoms with Crippen molar-refractivity contribution in [2.24, 2.45) is 5.41 Å². The molecular weight excluding hydrogens is 536 g/mol. The summed E-state index contributed by atoms with van der Waals surface area (Å²) in [5, 5.41) is 15.1. The standard InChI is InChI=1S/C28H50N4O7S/c1-8-11-12-13-14-17-28(9-2,25(35)36)30-24(34)21-16-15-18-32(21)23(33)19-29-26(37)39-22(27(4,5)6)20-31(7)40(38)10-3/h14,17,21-22H,8-13,15-16,18-20H2,1-7H3,(H,29,37)(H,30,34)(H,35,36)/b17-14-/t21-,22?,28+,40?/m0/s1. The SMILES string of the molecule is CCCCC/C=C\[C@@](CC)(NC(=O)[C@@H]1CCCN1C(=O)CNC(=O)OC(CN(C)S(=O)CC)C(C)(C)C)C(=O)O. The summed E-state index contributed by atoms with van der Waals surface area (Å²) in [4.78, 5) is 52.3. The lowest BCUT2D eigenvalue weighted by molar-refractivity contribution is -0.147. The third kappa shape index (κ3) is 10.8. The Morgan fingerprint density at radius 2 is 1.85 bits per heavy atom. The van der Waals surface area contributed by atoms with Gasteiger partial charge in [-0.3, -0.25) is 9.59 Å². The number of ether oxygens (including phenoxy) is 1. The molecule has 230 valence electrons. The van der Waals surface area contributed by atoms with Crippen LogP contribution in [0.1, 0.15) is 86.5 Å². The van der Waals surface area contributed by atoms with E-state index < -0.39 is 58.0 Å². The molecule has 1 heterocycles. The van der Waals surface area contributed by atoms with Crippen molar-refractivity contribution in [3.8, 4) is 0 Å². The molecule has 4 atom stereocenters. The molecule has 40 heavy (non-hydrogen) atoms. The number of likely N-dealkylation sites (N-methyl/N-ethyl adjacent to an activating group) is 1. The van der Waals surface area contributed by atoms with E-state index in [1.54, 1.807) is 37.4 Å². The summed E-state index contributed by atoms with van der Waals surface area (Å²) in [5.41, 5.74) is -1.99. The molecule has 1 aliphatic rings. The third-order valence-corrected chi connectivity index (χ3v) is 8.49. The van der Waals surface area contributed by atoms with Crippen LogP contribution in [0.15, 0.2) is 12.2 Å². The number of likely N-dealkylation sites (tertiary alicyclic amines) is 1. The maximum atomic E-state index is 13.2. The Kier molecular flexibility index (Phi) is 14.9. The van der Waals surface area contributed by atoms with E-state index in [-0.39, 0.29) is 19.5 Å². The molecule has 0 aromatic carbocycles. The Morgan fingerprint density at radius 1 is 1.18 bits per heavy atom. The normalized spacial score (nSPS) is 18.8. The molecule has 0 aromatic heterocycles. The molecule has 3 N–H and O–H groups in total. The summed E-state index contributed by atoms with van der Waals surface area (Å²) < 4.78 is 19.3. The van der Waals surface area contributed by atoms with E-state index in [9.17, 15) is 28.5 Å². The van der Waals surface area contributed by atoms with Crippen molar-refractivity contribution in [2.75, 3.05) is 32.4 Å². The van der Waals surface area contributed by atoms with Gasteiger partial charge in [-0.25, -0.2) is 18.1 Å². The van der Waals surface area contributed by atoms with Crippen LogP contribution in [0.4, 0.5) is 4.79 Å². The number of amides is 3. The van der Waals surface area contributed by atoms with E-state index in [1.165, 1.54) is 4.90 Å². The number of carboxylic acid groups (broad SMARTS) is 1. The van der Waals surface area contributed by atoms with E-state index >= 15 is 0 Å². The van der Waals surface area contributed by atoms with Crippen molar-refractivity contribution in [1.82, 2.24) is 19.8 Å². The van der Waals surface area contributed by atoms with Gasteiger partial charge in [0.15, 0.2) is 5.54 Å². The average molecular weight is 587 g/mol. The average Bonchev–Trinajstić information content (AvgIpc) is 3.39. The van der Waals surface area contributed by atoms with Crippen molar-refractivity contribution in [3.63, 3.8) is 0 Å². The monoisotopic (exact) mass is 586 g/mol. The summed E-state index contributed by atoms with van der Waals surface area (Å²) in [6.45, 7) is 11.5. The van der Waals surface area contributed by atoms with Gasteiger partial charge in [-0.2, -0.15) is 0 Å². The third-order valence-electron chi connectivity index (χ3n) is 7.15. The fourth-order valence-corrected chi connectivity index (χ4v) is 5.15. The highest BCUT2D eigenvalue weighted by Gasteiger charge is 2.41. The quantitative estimate of drug-likeness (QED) is 0.186. The molecule has 0 spiro atoms. The predicted molar refractivity (Wildman–Crippen MR) is 156 cm³/mol. The Balaban J connectivity index is 2.83. The second kappa shape index (κ2) is 16.7. The van der Waals surface area contributed by atoms with Gasteiger partial charge >= 0.3 is 12.1 Å². The van der Waals surface area contributed by atoms with Gasteiger partial charge in [0.2, 0.25) is 11.8 Å². The Bertz CT molecular complexity index is 921. The first kappa shape index (κ1) is 35.6. The Hall–Kier alpha value is -2.47. The number of nitrogens with zero attached hydrogens (tertiary/aromatic N) is 2. The largest absolute Gasteiger partial charge is 0.479 e. The number of alkyl carbamates (subject to hydrolysis) is 1. The van der Waals surface area contributed by atoms with Crippen LogP contribution in [0.5, 0.6) is 0 Å². The lowest BCUT2D eigenvalue weighted by Gasteiger charge is -2.33. The zero-order valence-electron chi connectivity index (χ0n) is 25.3. The number of unbranched alkanes of at least 4 members (excludes halogenated alkanes) is 3. The number of hydrogen-bond donors (Lipinski definition) is 3. The summed E-state index contributed by atoms with van der Waals surface area (Å²) in [7, 11) is 0.499. The Labute approximate surface area is 242 Å². The molecule has 0 aliphatic carbocycles. The fourth-order valence-electron chi connectivity index (χ4n) is 4.41. The van der Waals surface area contributed by atoms with E-state index in [2.05, 4.69) is 17.6 Å². The minimum Gasteiger partial charge on any atom is -0.479 e. The minimum absolute atomic E-state index is 0.155. The maximum Gasteiger partial charge on any atom is 0.407 e. The molecule has 0 radical (unpaired) electrons. The number of hydrogen-bond acceptors (Lipinski definition) is 6. The van der Waals surface area contributed by atoms with Gasteiger partial charge in [0, 0.05) is 24.3 Å². The molecule has 12 heteroatoms. The molecule has 1 fully saturated rings. The van der Waals surface area contributed by atoms with Gasteiger partial charge in [0.25, 0.3) is 0 Å². The van der Waals surface area contributed by atoms with Gasteiger partial charge in [-0.1, -0.05) is 66.5 Å². The zero-order chi connectivity index (χ0) is 30.5. The number of carbonyl (C=O) groups is 4. The zero-order valence-corrected chi connectivity index (χ0v) is 26.1. The van der Waals surface area contributed by atoms with Crippen LogP contribution < -0.4 is 10.6 Å². The summed E-state index contributed by atoms with van der Waals surface area (Å²) in [6.07, 6.45) is 6.85. The van der Waals surface area contributed by atoms with Crippen LogP contribution >= 0.6 is 0 Å². The number of aliphatic carboxylic acids is 1. The summed E-state index contributed by atoms with van der Waals surface area (Å²) in [5.74, 6) is -1.70. The molecule has 1 saturated heterocycles. The van der Waals surface area contributed by atoms with Crippen LogP contribution in [0.25, 0.3) is 0 Å². The van der Waals surface area contributed by atoms with Gasteiger partial charge in [-0.15, -0.1) is 0 Å². The molecule has 0 saturated carbocycles. The van der Waals surface area contributed by atoms with Crippen molar-refractivity contribution >= 4 is 34.9 Å². The first-order chi connectivity index (χ1) is 18.7. The molecule has 3 amide bonds.